The third kappa shape index (κ3) is 3.53. The molecular formula is C20H24N2O2. The summed E-state index contributed by atoms with van der Waals surface area (Å²) >= 11 is 0. The highest BCUT2D eigenvalue weighted by molar-refractivity contribution is 5.95. The van der Waals surface area contributed by atoms with E-state index in [4.69, 9.17) is 0 Å². The summed E-state index contributed by atoms with van der Waals surface area (Å²) in [5.41, 5.74) is 1.93. The van der Waals surface area contributed by atoms with Gasteiger partial charge in [0.1, 0.15) is 0 Å². The van der Waals surface area contributed by atoms with Gasteiger partial charge < -0.3 is 10.2 Å². The smallest absolute Gasteiger partial charge is 0.244 e. The minimum Gasteiger partial charge on any atom is -0.349 e. The second-order valence-corrected chi connectivity index (χ2v) is 7.28. The number of nitrogens with one attached hydrogen (secondary N) is 1. The van der Waals surface area contributed by atoms with Gasteiger partial charge in [0, 0.05) is 30.8 Å². The first-order valence-electron chi connectivity index (χ1n) is 9.10. The number of anilines is 1. The first kappa shape index (κ1) is 15.4. The highest BCUT2D eigenvalue weighted by Crippen LogP contribution is 2.44. The van der Waals surface area contributed by atoms with Crippen LogP contribution in [-0.2, 0) is 9.59 Å². The normalized spacial score (nSPS) is 21.0. The molecule has 2 amide bonds. The number of benzene rings is 1. The maximum atomic E-state index is 12.2. The van der Waals surface area contributed by atoms with Crippen LogP contribution >= 0.6 is 0 Å². The molecule has 0 radical (unpaired) electrons. The van der Waals surface area contributed by atoms with Gasteiger partial charge in [0.05, 0.1) is 0 Å². The Morgan fingerprint density at radius 3 is 2.33 bits per heavy atom. The molecule has 126 valence electrons. The molecule has 4 heteroatoms. The molecule has 0 bridgehead atoms. The van der Waals surface area contributed by atoms with E-state index < -0.39 is 0 Å². The Balaban J connectivity index is 1.34. The summed E-state index contributed by atoms with van der Waals surface area (Å²) in [6.45, 7) is 0.806. The fourth-order valence-electron chi connectivity index (χ4n) is 3.60. The standard InChI is InChI=1S/C20H24N2O2/c23-18(21-20(15-6-7-15)16-8-9-16)12-5-14-3-10-17(11-4-14)22-13-1-2-19(22)24/h3-5,10-12,15-16,20H,1-2,6-9,13H2,(H,21,23). The lowest BCUT2D eigenvalue weighted by atomic mass is 10.1. The van der Waals surface area contributed by atoms with Crippen molar-refractivity contribution in [2.75, 3.05) is 11.4 Å². The highest BCUT2D eigenvalue weighted by atomic mass is 16.2. The van der Waals surface area contributed by atoms with Crippen molar-refractivity contribution in [1.82, 2.24) is 5.32 Å². The summed E-state index contributed by atoms with van der Waals surface area (Å²) in [5, 5.41) is 3.19. The summed E-state index contributed by atoms with van der Waals surface area (Å²) in [6.07, 6.45) is 10.1. The molecule has 1 heterocycles. The van der Waals surface area contributed by atoms with Crippen molar-refractivity contribution in [1.29, 1.82) is 0 Å². The van der Waals surface area contributed by atoms with Gasteiger partial charge in [-0.05, 0) is 67.7 Å². The molecule has 0 atom stereocenters. The van der Waals surface area contributed by atoms with Gasteiger partial charge in [0.15, 0.2) is 0 Å². The van der Waals surface area contributed by atoms with E-state index in [1.54, 1.807) is 6.08 Å². The fraction of sp³-hybridized carbons (Fsp3) is 0.500. The van der Waals surface area contributed by atoms with Crippen LogP contribution in [0.15, 0.2) is 30.3 Å². The third-order valence-electron chi connectivity index (χ3n) is 5.27. The Bertz CT molecular complexity index is 645. The van der Waals surface area contributed by atoms with Crippen LogP contribution in [0.1, 0.15) is 44.1 Å². The van der Waals surface area contributed by atoms with Gasteiger partial charge >= 0.3 is 0 Å². The number of carbonyl (C=O) groups is 2. The van der Waals surface area contributed by atoms with E-state index in [-0.39, 0.29) is 11.8 Å². The minimum atomic E-state index is 0.0117. The first-order chi connectivity index (χ1) is 11.7. The van der Waals surface area contributed by atoms with Crippen molar-refractivity contribution in [3.8, 4) is 0 Å². The van der Waals surface area contributed by atoms with E-state index >= 15 is 0 Å². The van der Waals surface area contributed by atoms with Gasteiger partial charge in [-0.25, -0.2) is 0 Å². The van der Waals surface area contributed by atoms with Crippen molar-refractivity contribution in [3.63, 3.8) is 0 Å². The summed E-state index contributed by atoms with van der Waals surface area (Å²) in [4.78, 5) is 25.7. The summed E-state index contributed by atoms with van der Waals surface area (Å²) in [5.74, 6) is 1.64. The molecule has 1 aliphatic heterocycles. The molecule has 3 aliphatic rings. The molecule has 1 aromatic carbocycles. The number of carbonyl (C=O) groups excluding carboxylic acids is 2. The molecule has 3 fully saturated rings. The Morgan fingerprint density at radius 2 is 1.79 bits per heavy atom. The zero-order valence-electron chi connectivity index (χ0n) is 13.9. The van der Waals surface area contributed by atoms with E-state index in [9.17, 15) is 9.59 Å². The van der Waals surface area contributed by atoms with Crippen LogP contribution in [0.3, 0.4) is 0 Å². The lowest BCUT2D eigenvalue weighted by Gasteiger charge is -2.16. The molecule has 0 aromatic heterocycles. The Hall–Kier alpha value is -2.10. The molecule has 2 aliphatic carbocycles. The molecule has 0 spiro atoms. The maximum absolute atomic E-state index is 12.2. The molecule has 0 unspecified atom stereocenters. The molecule has 4 rings (SSSR count). The lowest BCUT2D eigenvalue weighted by Crippen LogP contribution is -2.37. The van der Waals surface area contributed by atoms with Gasteiger partial charge in [-0.3, -0.25) is 9.59 Å². The van der Waals surface area contributed by atoms with Gasteiger partial charge in [0.2, 0.25) is 11.8 Å². The highest BCUT2D eigenvalue weighted by Gasteiger charge is 2.41. The summed E-state index contributed by atoms with van der Waals surface area (Å²) in [6, 6.07) is 8.23. The summed E-state index contributed by atoms with van der Waals surface area (Å²) < 4.78 is 0. The number of amides is 2. The van der Waals surface area contributed by atoms with Crippen LogP contribution in [0, 0.1) is 11.8 Å². The van der Waals surface area contributed by atoms with Crippen molar-refractivity contribution < 1.29 is 9.59 Å². The lowest BCUT2D eigenvalue weighted by molar-refractivity contribution is -0.118. The Labute approximate surface area is 142 Å². The van der Waals surface area contributed by atoms with Gasteiger partial charge in [0.25, 0.3) is 0 Å². The molecule has 1 N–H and O–H groups in total. The maximum Gasteiger partial charge on any atom is 0.244 e. The first-order valence-corrected chi connectivity index (χ1v) is 9.10. The molecule has 24 heavy (non-hydrogen) atoms. The van der Waals surface area contributed by atoms with Crippen LogP contribution in [0.5, 0.6) is 0 Å². The van der Waals surface area contributed by atoms with Crippen LogP contribution < -0.4 is 10.2 Å². The minimum absolute atomic E-state index is 0.0117. The molecular weight excluding hydrogens is 300 g/mol. The number of rotatable bonds is 6. The molecule has 2 saturated carbocycles. The van der Waals surface area contributed by atoms with E-state index in [2.05, 4.69) is 5.32 Å². The van der Waals surface area contributed by atoms with Crippen molar-refractivity contribution in [2.45, 2.75) is 44.6 Å². The largest absolute Gasteiger partial charge is 0.349 e. The predicted molar refractivity (Wildman–Crippen MR) is 94.4 cm³/mol. The quantitative estimate of drug-likeness (QED) is 0.817. The Kier molecular flexibility index (Phi) is 4.13. The third-order valence-corrected chi connectivity index (χ3v) is 5.27. The Morgan fingerprint density at radius 1 is 1.12 bits per heavy atom. The molecule has 1 saturated heterocycles. The zero-order valence-corrected chi connectivity index (χ0v) is 13.9. The van der Waals surface area contributed by atoms with Crippen molar-refractivity contribution >= 4 is 23.6 Å². The van der Waals surface area contributed by atoms with Crippen LogP contribution in [0.4, 0.5) is 5.69 Å². The second kappa shape index (κ2) is 6.42. The zero-order chi connectivity index (χ0) is 16.5. The number of hydrogen-bond donors (Lipinski definition) is 1. The predicted octanol–water partition coefficient (Wildman–Crippen LogP) is 3.13. The van der Waals surface area contributed by atoms with Gasteiger partial charge in [-0.1, -0.05) is 12.1 Å². The summed E-state index contributed by atoms with van der Waals surface area (Å²) in [7, 11) is 0. The fourth-order valence-corrected chi connectivity index (χ4v) is 3.60. The number of nitrogens with zero attached hydrogens (tertiary/aromatic N) is 1. The molecule has 4 nitrogen and oxygen atoms in total. The van der Waals surface area contributed by atoms with Crippen molar-refractivity contribution in [3.05, 3.63) is 35.9 Å². The van der Waals surface area contributed by atoms with Crippen LogP contribution in [0.25, 0.3) is 6.08 Å². The van der Waals surface area contributed by atoms with E-state index in [0.29, 0.717) is 24.3 Å². The van der Waals surface area contributed by atoms with Gasteiger partial charge in [-0.15, -0.1) is 0 Å². The average molecular weight is 324 g/mol. The monoisotopic (exact) mass is 324 g/mol. The second-order valence-electron chi connectivity index (χ2n) is 7.28. The average Bonchev–Trinajstić information content (AvgIpc) is 3.51. The van der Waals surface area contributed by atoms with Crippen molar-refractivity contribution in [2.24, 2.45) is 11.8 Å². The topological polar surface area (TPSA) is 49.4 Å². The van der Waals surface area contributed by atoms with E-state index in [0.717, 1.165) is 24.2 Å². The van der Waals surface area contributed by atoms with E-state index in [1.807, 2.05) is 35.2 Å². The van der Waals surface area contributed by atoms with Crippen LogP contribution in [0.2, 0.25) is 0 Å². The van der Waals surface area contributed by atoms with Crippen LogP contribution in [-0.4, -0.2) is 24.4 Å². The molecule has 1 aromatic rings. The number of hydrogen-bond acceptors (Lipinski definition) is 2. The SMILES string of the molecule is O=C(C=Cc1ccc(N2CCCC2=O)cc1)NC(C1CC1)C1CC1. The van der Waals surface area contributed by atoms with E-state index in [1.165, 1.54) is 25.7 Å². The van der Waals surface area contributed by atoms with Gasteiger partial charge in [-0.2, -0.15) is 0 Å².